The molecule has 2 aromatic rings. The van der Waals surface area contributed by atoms with Gasteiger partial charge in [-0.25, -0.2) is 0 Å². The molecule has 0 bridgehead atoms. The van der Waals surface area contributed by atoms with E-state index in [-0.39, 0.29) is 25.7 Å². The first-order valence-corrected chi connectivity index (χ1v) is 6.28. The quantitative estimate of drug-likeness (QED) is 0.556. The average molecular weight is 280 g/mol. The van der Waals surface area contributed by atoms with Crippen LogP contribution in [-0.4, -0.2) is 0 Å². The summed E-state index contributed by atoms with van der Waals surface area (Å²) in [5.41, 5.74) is 1.64. The van der Waals surface area contributed by atoms with Crippen LogP contribution < -0.4 is 0 Å². The summed E-state index contributed by atoms with van der Waals surface area (Å²) < 4.78 is 10.1. The van der Waals surface area contributed by atoms with E-state index in [0.29, 0.717) is 0 Å². The molecule has 0 aliphatic heterocycles. The average Bonchev–Trinajstić information content (AvgIpc) is 2.91. The number of furan rings is 2. The topological polar surface area (TPSA) is 26.3 Å². The second-order valence-electron chi connectivity index (χ2n) is 6.49. The Morgan fingerprint density at radius 1 is 0.800 bits per heavy atom. The lowest BCUT2D eigenvalue weighted by Crippen LogP contribution is -2.08. The second-order valence-corrected chi connectivity index (χ2v) is 6.49. The first-order chi connectivity index (χ1) is 8.21. The molecule has 2 heterocycles. The third-order valence-corrected chi connectivity index (χ3v) is 2.65. The Bertz CT molecular complexity index is 378. The third kappa shape index (κ3) is 6.65. The van der Waals surface area contributed by atoms with Crippen molar-refractivity contribution in [2.24, 2.45) is 0 Å². The summed E-state index contributed by atoms with van der Waals surface area (Å²) in [6, 6.07) is 5.92. The van der Waals surface area contributed by atoms with Gasteiger partial charge in [0.15, 0.2) is 0 Å². The summed E-state index contributed by atoms with van der Waals surface area (Å²) >= 11 is 0. The van der Waals surface area contributed by atoms with Crippen molar-refractivity contribution in [2.75, 3.05) is 0 Å². The molecular weight excluding hydrogens is 248 g/mol. The summed E-state index contributed by atoms with van der Waals surface area (Å²) in [5.74, 6) is 1.04. The van der Waals surface area contributed by atoms with E-state index in [0.717, 1.165) is 5.76 Å². The van der Waals surface area contributed by atoms with Crippen molar-refractivity contribution in [3.8, 4) is 0 Å². The van der Waals surface area contributed by atoms with Gasteiger partial charge in [-0.2, -0.15) is 0 Å². The van der Waals surface area contributed by atoms with E-state index in [1.165, 1.54) is 5.56 Å². The van der Waals surface area contributed by atoms with Gasteiger partial charge in [-0.05, 0) is 29.2 Å². The van der Waals surface area contributed by atoms with Gasteiger partial charge in [0.25, 0.3) is 0 Å². The van der Waals surface area contributed by atoms with Gasteiger partial charge in [0.1, 0.15) is 5.76 Å². The molecule has 2 heteroatoms. The second kappa shape index (κ2) is 7.98. The summed E-state index contributed by atoms with van der Waals surface area (Å²) in [7, 11) is 0. The van der Waals surface area contributed by atoms with Crippen LogP contribution in [0.3, 0.4) is 0 Å². The fraction of sp³-hybridized carbons (Fsp3) is 0.556. The summed E-state index contributed by atoms with van der Waals surface area (Å²) in [6.45, 7) is 12.9. The van der Waals surface area contributed by atoms with Crippen LogP contribution in [0.1, 0.15) is 67.7 Å². The lowest BCUT2D eigenvalue weighted by atomic mass is 9.89. The Morgan fingerprint density at radius 2 is 1.40 bits per heavy atom. The Morgan fingerprint density at radius 3 is 1.60 bits per heavy atom. The highest BCUT2D eigenvalue weighted by atomic mass is 16.3. The van der Waals surface area contributed by atoms with Crippen molar-refractivity contribution in [1.82, 2.24) is 0 Å². The molecule has 0 aromatic carbocycles. The van der Waals surface area contributed by atoms with Crippen molar-refractivity contribution in [1.29, 1.82) is 0 Å². The van der Waals surface area contributed by atoms with Gasteiger partial charge in [0.2, 0.25) is 0 Å². The molecule has 116 valence electrons. The maximum Gasteiger partial charge on any atom is 0.109 e. The lowest BCUT2D eigenvalue weighted by Gasteiger charge is -2.14. The van der Waals surface area contributed by atoms with Gasteiger partial charge in [-0.15, -0.1) is 0 Å². The molecule has 0 aliphatic rings. The SMILES string of the molecule is C.C.CC(C)(C)c1ccco1.CC(C)(C)c1ccoc1. The maximum absolute atomic E-state index is 5.20. The minimum absolute atomic E-state index is 0. The number of hydrogen-bond donors (Lipinski definition) is 0. The molecule has 0 spiro atoms. The van der Waals surface area contributed by atoms with Crippen LogP contribution in [0.15, 0.2) is 45.8 Å². The van der Waals surface area contributed by atoms with Crippen molar-refractivity contribution in [3.05, 3.63) is 48.3 Å². The van der Waals surface area contributed by atoms with Crippen molar-refractivity contribution in [3.63, 3.8) is 0 Å². The lowest BCUT2D eigenvalue weighted by molar-refractivity contribution is 0.409. The molecule has 0 saturated carbocycles. The molecule has 0 aliphatic carbocycles. The Hall–Kier alpha value is -1.44. The predicted octanol–water partition coefficient (Wildman–Crippen LogP) is 6.43. The Kier molecular flexibility index (Phi) is 8.33. The normalized spacial score (nSPS) is 10.7. The third-order valence-electron chi connectivity index (χ3n) is 2.65. The zero-order valence-corrected chi connectivity index (χ0v) is 12.3. The van der Waals surface area contributed by atoms with Gasteiger partial charge < -0.3 is 8.83 Å². The summed E-state index contributed by atoms with van der Waals surface area (Å²) in [4.78, 5) is 0. The molecule has 0 unspecified atom stereocenters. The van der Waals surface area contributed by atoms with Crippen LogP contribution in [0.4, 0.5) is 0 Å². The van der Waals surface area contributed by atoms with Crippen molar-refractivity contribution < 1.29 is 8.83 Å². The highest BCUT2D eigenvalue weighted by Crippen LogP contribution is 2.22. The fourth-order valence-corrected chi connectivity index (χ4v) is 1.40. The highest BCUT2D eigenvalue weighted by Gasteiger charge is 2.15. The standard InChI is InChI=1S/2C8H12O.2CH4/c1-8(2,3)7-4-5-9-6-7;1-8(2,3)7-5-4-6-9-7;;/h2*4-6H,1-3H3;2*1H4. The van der Waals surface area contributed by atoms with E-state index in [1.807, 2.05) is 18.2 Å². The molecule has 0 radical (unpaired) electrons. The summed E-state index contributed by atoms with van der Waals surface area (Å²) in [5, 5.41) is 0. The van der Waals surface area contributed by atoms with Crippen LogP contribution in [-0.2, 0) is 10.8 Å². The molecule has 0 atom stereocenters. The van der Waals surface area contributed by atoms with Crippen LogP contribution in [0.5, 0.6) is 0 Å². The van der Waals surface area contributed by atoms with E-state index < -0.39 is 0 Å². The fourth-order valence-electron chi connectivity index (χ4n) is 1.40. The Labute approximate surface area is 125 Å². The first-order valence-electron chi connectivity index (χ1n) is 6.28. The van der Waals surface area contributed by atoms with Gasteiger partial charge >= 0.3 is 0 Å². The van der Waals surface area contributed by atoms with E-state index in [4.69, 9.17) is 8.83 Å². The molecule has 0 saturated heterocycles. The van der Waals surface area contributed by atoms with E-state index in [9.17, 15) is 0 Å². The van der Waals surface area contributed by atoms with Crippen molar-refractivity contribution in [2.45, 2.75) is 67.2 Å². The highest BCUT2D eigenvalue weighted by molar-refractivity contribution is 5.15. The first kappa shape index (κ1) is 20.9. The minimum atomic E-state index is 0. The van der Waals surface area contributed by atoms with E-state index in [2.05, 4.69) is 41.5 Å². The zero-order valence-electron chi connectivity index (χ0n) is 12.3. The molecule has 0 amide bonds. The predicted molar refractivity (Wildman–Crippen MR) is 88.3 cm³/mol. The van der Waals surface area contributed by atoms with Crippen molar-refractivity contribution >= 4 is 0 Å². The molecular formula is C18H32O2. The summed E-state index contributed by atoms with van der Waals surface area (Å²) in [6.07, 6.45) is 5.21. The molecule has 20 heavy (non-hydrogen) atoms. The number of hydrogen-bond acceptors (Lipinski definition) is 2. The largest absolute Gasteiger partial charge is 0.472 e. The van der Waals surface area contributed by atoms with Gasteiger partial charge in [0, 0.05) is 5.41 Å². The van der Waals surface area contributed by atoms with Crippen LogP contribution in [0, 0.1) is 0 Å². The molecule has 0 fully saturated rings. The van der Waals surface area contributed by atoms with Crippen LogP contribution in [0.25, 0.3) is 0 Å². The van der Waals surface area contributed by atoms with Crippen LogP contribution in [0.2, 0.25) is 0 Å². The van der Waals surface area contributed by atoms with Gasteiger partial charge in [0.05, 0.1) is 18.8 Å². The van der Waals surface area contributed by atoms with Gasteiger partial charge in [-0.1, -0.05) is 56.4 Å². The van der Waals surface area contributed by atoms with E-state index in [1.54, 1.807) is 18.8 Å². The van der Waals surface area contributed by atoms with Crippen LogP contribution >= 0.6 is 0 Å². The molecule has 0 N–H and O–H groups in total. The van der Waals surface area contributed by atoms with Gasteiger partial charge in [-0.3, -0.25) is 0 Å². The minimum Gasteiger partial charge on any atom is -0.472 e. The zero-order chi connectivity index (χ0) is 13.8. The smallest absolute Gasteiger partial charge is 0.109 e. The molecule has 2 nitrogen and oxygen atoms in total. The van der Waals surface area contributed by atoms with E-state index >= 15 is 0 Å². The Balaban J connectivity index is 0. The molecule has 2 aromatic heterocycles. The maximum atomic E-state index is 5.20. The number of rotatable bonds is 0. The molecule has 2 rings (SSSR count). The monoisotopic (exact) mass is 280 g/mol.